The SMILES string of the molecule is CCc1ccc(NCC(C)C)cc1.Cc1oncc1CN1CCC(O)c2cc(S(=O)(=O)O)ccc21. The summed E-state index contributed by atoms with van der Waals surface area (Å²) in [5.41, 5.74) is 4.80. The normalized spacial score (nSPS) is 15.4. The van der Waals surface area contributed by atoms with E-state index in [1.807, 2.05) is 11.8 Å². The van der Waals surface area contributed by atoms with Crippen molar-refractivity contribution in [2.75, 3.05) is 23.3 Å². The van der Waals surface area contributed by atoms with Gasteiger partial charge in [-0.3, -0.25) is 4.55 Å². The molecule has 1 aliphatic rings. The number of hydrogen-bond donors (Lipinski definition) is 3. The number of nitrogens with zero attached hydrogens (tertiary/aromatic N) is 2. The molecule has 3 aromatic rings. The molecule has 35 heavy (non-hydrogen) atoms. The van der Waals surface area contributed by atoms with Gasteiger partial charge in [-0.05, 0) is 61.6 Å². The molecule has 190 valence electrons. The summed E-state index contributed by atoms with van der Waals surface area (Å²) in [6.45, 7) is 10.7. The predicted molar refractivity (Wildman–Crippen MR) is 137 cm³/mol. The van der Waals surface area contributed by atoms with Gasteiger partial charge in [0.25, 0.3) is 10.1 Å². The van der Waals surface area contributed by atoms with E-state index in [1.165, 1.54) is 23.4 Å². The largest absolute Gasteiger partial charge is 0.388 e. The van der Waals surface area contributed by atoms with Gasteiger partial charge < -0.3 is 19.8 Å². The lowest BCUT2D eigenvalue weighted by Crippen LogP contribution is -2.31. The third kappa shape index (κ3) is 7.30. The summed E-state index contributed by atoms with van der Waals surface area (Å²) >= 11 is 0. The molecule has 8 nitrogen and oxygen atoms in total. The molecule has 0 saturated carbocycles. The quantitative estimate of drug-likeness (QED) is 0.388. The van der Waals surface area contributed by atoms with Gasteiger partial charge in [-0.2, -0.15) is 8.42 Å². The van der Waals surface area contributed by atoms with Crippen molar-refractivity contribution in [2.24, 2.45) is 5.92 Å². The summed E-state index contributed by atoms with van der Waals surface area (Å²) in [4.78, 5) is 1.81. The highest BCUT2D eigenvalue weighted by Gasteiger charge is 2.26. The fraction of sp³-hybridized carbons (Fsp3) is 0.423. The Morgan fingerprint density at radius 2 is 1.91 bits per heavy atom. The maximum absolute atomic E-state index is 11.2. The number of hydrogen-bond acceptors (Lipinski definition) is 7. The predicted octanol–water partition coefficient (Wildman–Crippen LogP) is 4.99. The third-order valence-electron chi connectivity index (χ3n) is 5.96. The van der Waals surface area contributed by atoms with Crippen LogP contribution in [0.2, 0.25) is 0 Å². The van der Waals surface area contributed by atoms with Crippen molar-refractivity contribution in [3.05, 3.63) is 71.1 Å². The summed E-state index contributed by atoms with van der Waals surface area (Å²) < 4.78 is 36.7. The molecule has 0 radical (unpaired) electrons. The average Bonchev–Trinajstić information content (AvgIpc) is 3.23. The Bertz CT molecular complexity index is 1210. The minimum Gasteiger partial charge on any atom is -0.388 e. The highest BCUT2D eigenvalue weighted by molar-refractivity contribution is 7.85. The number of aromatic nitrogens is 1. The van der Waals surface area contributed by atoms with Crippen molar-refractivity contribution in [2.45, 2.75) is 58.1 Å². The van der Waals surface area contributed by atoms with E-state index in [-0.39, 0.29) is 4.90 Å². The molecule has 4 rings (SSSR count). The van der Waals surface area contributed by atoms with Crippen LogP contribution < -0.4 is 10.2 Å². The lowest BCUT2D eigenvalue weighted by atomic mass is 9.98. The van der Waals surface area contributed by atoms with Gasteiger partial charge in [0.05, 0.1) is 17.2 Å². The molecule has 1 atom stereocenters. The van der Waals surface area contributed by atoms with Crippen LogP contribution in [-0.2, 0) is 23.1 Å². The third-order valence-corrected chi connectivity index (χ3v) is 6.81. The van der Waals surface area contributed by atoms with Gasteiger partial charge in [-0.1, -0.05) is 38.1 Å². The number of benzene rings is 2. The fourth-order valence-corrected chi connectivity index (χ4v) is 4.34. The smallest absolute Gasteiger partial charge is 0.294 e. The molecular formula is C26H35N3O5S. The number of anilines is 2. The molecule has 2 aromatic carbocycles. The van der Waals surface area contributed by atoms with Crippen LogP contribution >= 0.6 is 0 Å². The van der Waals surface area contributed by atoms with Gasteiger partial charge in [0, 0.05) is 42.1 Å². The highest BCUT2D eigenvalue weighted by atomic mass is 32.2. The van der Waals surface area contributed by atoms with E-state index in [4.69, 9.17) is 9.08 Å². The van der Waals surface area contributed by atoms with Crippen molar-refractivity contribution < 1.29 is 22.6 Å². The van der Waals surface area contributed by atoms with Crippen LogP contribution in [0.25, 0.3) is 0 Å². The standard InChI is InChI=1S/C14H16N2O5S.C12H19N/c1-9-10(7-15-21-9)8-16-5-4-14(17)12-6-11(22(18,19)20)2-3-13(12)16;1-4-11-5-7-12(8-6-11)13-9-10(2)3/h2-3,6-7,14,17H,4-5,8H2,1H3,(H,18,19,20);5-8,10,13H,4,9H2,1-3H3. The second kappa shape index (κ2) is 11.7. The molecule has 0 aliphatic carbocycles. The fourth-order valence-electron chi connectivity index (χ4n) is 3.82. The van der Waals surface area contributed by atoms with Crippen molar-refractivity contribution >= 4 is 21.5 Å². The summed E-state index contributed by atoms with van der Waals surface area (Å²) in [5.74, 6) is 1.42. The van der Waals surface area contributed by atoms with Crippen molar-refractivity contribution in [3.63, 3.8) is 0 Å². The molecule has 0 bridgehead atoms. The Kier molecular flexibility index (Phi) is 8.93. The summed E-state index contributed by atoms with van der Waals surface area (Å²) in [5, 5.41) is 17.3. The minimum atomic E-state index is -4.29. The first kappa shape index (κ1) is 26.7. The van der Waals surface area contributed by atoms with Crippen LogP contribution in [-0.4, -0.2) is 36.3 Å². The molecule has 0 spiro atoms. The van der Waals surface area contributed by atoms with Crippen LogP contribution in [0.4, 0.5) is 11.4 Å². The van der Waals surface area contributed by atoms with Gasteiger partial charge in [0.1, 0.15) is 5.76 Å². The number of fused-ring (bicyclic) bond motifs is 1. The molecule has 1 unspecified atom stereocenters. The molecule has 2 heterocycles. The van der Waals surface area contributed by atoms with Gasteiger partial charge >= 0.3 is 0 Å². The average molecular weight is 502 g/mol. The second-order valence-electron chi connectivity index (χ2n) is 9.15. The van der Waals surface area contributed by atoms with Gasteiger partial charge in [0.15, 0.2) is 0 Å². The van der Waals surface area contributed by atoms with Gasteiger partial charge in [-0.25, -0.2) is 0 Å². The Balaban J connectivity index is 0.000000225. The van der Waals surface area contributed by atoms with Gasteiger partial charge in [0.2, 0.25) is 0 Å². The Morgan fingerprint density at radius 3 is 2.49 bits per heavy atom. The first-order valence-corrected chi connectivity index (χ1v) is 13.3. The first-order chi connectivity index (χ1) is 16.6. The van der Waals surface area contributed by atoms with Crippen LogP contribution in [0.5, 0.6) is 0 Å². The first-order valence-electron chi connectivity index (χ1n) is 11.9. The van der Waals surface area contributed by atoms with E-state index in [0.29, 0.717) is 31.0 Å². The second-order valence-corrected chi connectivity index (χ2v) is 10.6. The topological polar surface area (TPSA) is 116 Å². The lowest BCUT2D eigenvalue weighted by Gasteiger charge is -2.33. The number of aliphatic hydroxyl groups excluding tert-OH is 1. The molecule has 0 fully saturated rings. The number of nitrogens with one attached hydrogen (secondary N) is 1. The number of aliphatic hydroxyl groups is 1. The summed E-state index contributed by atoms with van der Waals surface area (Å²) in [6, 6.07) is 12.9. The van der Waals surface area contributed by atoms with Crippen LogP contribution in [0.1, 0.15) is 55.7 Å². The van der Waals surface area contributed by atoms with Crippen LogP contribution in [0.15, 0.2) is 58.1 Å². The molecule has 1 aliphatic heterocycles. The van der Waals surface area contributed by atoms with Crippen LogP contribution in [0.3, 0.4) is 0 Å². The molecule has 3 N–H and O–H groups in total. The van der Waals surface area contributed by atoms with Crippen molar-refractivity contribution in [3.8, 4) is 0 Å². The highest BCUT2D eigenvalue weighted by Crippen LogP contribution is 2.36. The van der Waals surface area contributed by atoms with E-state index in [0.717, 1.165) is 30.0 Å². The number of aryl methyl sites for hydroxylation is 2. The zero-order chi connectivity index (χ0) is 25.6. The Hall–Kier alpha value is -2.88. The Morgan fingerprint density at radius 1 is 1.20 bits per heavy atom. The maximum Gasteiger partial charge on any atom is 0.294 e. The molecule has 0 saturated heterocycles. The number of rotatable bonds is 7. The maximum atomic E-state index is 11.2. The zero-order valence-corrected chi connectivity index (χ0v) is 21.5. The molecular weight excluding hydrogens is 466 g/mol. The monoisotopic (exact) mass is 501 g/mol. The molecule has 1 aromatic heterocycles. The lowest BCUT2D eigenvalue weighted by molar-refractivity contribution is 0.163. The van der Waals surface area contributed by atoms with E-state index in [2.05, 4.69) is 55.5 Å². The van der Waals surface area contributed by atoms with E-state index < -0.39 is 16.2 Å². The minimum absolute atomic E-state index is 0.215. The van der Waals surface area contributed by atoms with E-state index >= 15 is 0 Å². The van der Waals surface area contributed by atoms with Crippen molar-refractivity contribution in [1.82, 2.24) is 5.16 Å². The van der Waals surface area contributed by atoms with E-state index in [9.17, 15) is 13.5 Å². The summed E-state index contributed by atoms with van der Waals surface area (Å²) in [7, 11) is -4.29. The van der Waals surface area contributed by atoms with E-state index in [1.54, 1.807) is 12.3 Å². The molecule has 9 heteroatoms. The van der Waals surface area contributed by atoms with Gasteiger partial charge in [-0.15, -0.1) is 0 Å². The molecule has 0 amide bonds. The summed E-state index contributed by atoms with van der Waals surface area (Å²) in [6.07, 6.45) is 2.49. The zero-order valence-electron chi connectivity index (χ0n) is 20.7. The van der Waals surface area contributed by atoms with Crippen LogP contribution in [0, 0.1) is 12.8 Å². The van der Waals surface area contributed by atoms with Crippen molar-refractivity contribution in [1.29, 1.82) is 0 Å². The Labute approximate surface area is 207 Å².